The van der Waals surface area contributed by atoms with Crippen LogP contribution in [-0.4, -0.2) is 5.75 Å². The normalized spacial score (nSPS) is 16.1. The minimum absolute atomic E-state index is 0.888. The Labute approximate surface area is 153 Å². The fourth-order valence-corrected chi connectivity index (χ4v) is 4.39. The molecule has 2 N–H and O–H groups in total. The predicted molar refractivity (Wildman–Crippen MR) is 112 cm³/mol. The van der Waals surface area contributed by atoms with Gasteiger partial charge in [0, 0.05) is 11.4 Å². The molecule has 0 saturated heterocycles. The molecule has 0 fully saturated rings. The van der Waals surface area contributed by atoms with Crippen molar-refractivity contribution in [3.05, 3.63) is 82.9 Å². The number of nitrogens with two attached hydrogens (primary N) is 1. The highest BCUT2D eigenvalue weighted by molar-refractivity contribution is 8.02. The first-order valence-electron chi connectivity index (χ1n) is 8.99. The highest BCUT2D eigenvalue weighted by atomic mass is 32.2. The summed E-state index contributed by atoms with van der Waals surface area (Å²) in [6.07, 6.45) is 9.13. The van der Waals surface area contributed by atoms with Gasteiger partial charge in [-0.1, -0.05) is 54.6 Å². The van der Waals surface area contributed by atoms with Gasteiger partial charge in [-0.05, 0) is 69.8 Å². The molecule has 0 radical (unpaired) electrons. The summed E-state index contributed by atoms with van der Waals surface area (Å²) in [6.45, 7) is 0. The van der Waals surface area contributed by atoms with Gasteiger partial charge in [-0.2, -0.15) is 0 Å². The Bertz CT molecular complexity index is 968. The smallest absolute Gasteiger partial charge is 0.0287 e. The second-order valence-electron chi connectivity index (χ2n) is 6.63. The maximum atomic E-state index is 5.40. The predicted octanol–water partition coefficient (Wildman–Crippen LogP) is 5.96. The third-order valence-electron chi connectivity index (χ3n) is 5.03. The van der Waals surface area contributed by atoms with Crippen molar-refractivity contribution in [2.75, 3.05) is 5.75 Å². The highest BCUT2D eigenvalue weighted by Gasteiger charge is 2.13. The van der Waals surface area contributed by atoms with Gasteiger partial charge in [0.15, 0.2) is 0 Å². The Balaban J connectivity index is 0.000000190. The Hall–Kier alpha value is -2.19. The first kappa shape index (κ1) is 16.3. The molecule has 126 valence electrons. The summed E-state index contributed by atoms with van der Waals surface area (Å²) < 4.78 is 0. The fraction of sp³-hybridized carbons (Fsp3) is 0.217. The van der Waals surface area contributed by atoms with Crippen LogP contribution in [0.2, 0.25) is 0 Å². The van der Waals surface area contributed by atoms with Crippen LogP contribution in [0.25, 0.3) is 21.5 Å². The second-order valence-corrected chi connectivity index (χ2v) is 7.57. The Morgan fingerprint density at radius 3 is 2.44 bits per heavy atom. The lowest BCUT2D eigenvalue weighted by atomic mass is 9.86. The van der Waals surface area contributed by atoms with Crippen LogP contribution in [0.4, 0.5) is 0 Å². The van der Waals surface area contributed by atoms with Crippen LogP contribution in [0.15, 0.2) is 71.8 Å². The molecule has 25 heavy (non-hydrogen) atoms. The van der Waals surface area contributed by atoms with Crippen molar-refractivity contribution >= 4 is 33.3 Å². The molecule has 1 heterocycles. The lowest BCUT2D eigenvalue weighted by molar-refractivity contribution is 0.690. The van der Waals surface area contributed by atoms with E-state index < -0.39 is 0 Å². The van der Waals surface area contributed by atoms with E-state index in [0.29, 0.717) is 0 Å². The number of fused-ring (bicyclic) bond motifs is 5. The quantitative estimate of drug-likeness (QED) is 0.509. The van der Waals surface area contributed by atoms with Crippen LogP contribution in [0.5, 0.6) is 0 Å². The van der Waals surface area contributed by atoms with Crippen molar-refractivity contribution in [2.45, 2.75) is 25.7 Å². The van der Waals surface area contributed by atoms with E-state index in [2.05, 4.69) is 48.5 Å². The van der Waals surface area contributed by atoms with Crippen LogP contribution in [-0.2, 0) is 12.8 Å². The third kappa shape index (κ3) is 3.45. The molecular formula is C23H23NS. The first-order chi connectivity index (χ1) is 12.3. The Morgan fingerprint density at radius 1 is 0.800 bits per heavy atom. The standard InChI is InChI=1S/C18H16.C5H7NS/c1-3-7-15-13(5-1)9-11-18-16-8-4-2-6-14(16)10-12-17(15)18;6-5-1-3-7-4-2-5/h1,3,5,7,9-12H,2,4,6,8H2;1-3H,4,6H2. The lowest BCUT2D eigenvalue weighted by Gasteiger charge is -2.18. The number of rotatable bonds is 0. The summed E-state index contributed by atoms with van der Waals surface area (Å²) >= 11 is 1.76. The molecular weight excluding hydrogens is 322 g/mol. The molecule has 5 rings (SSSR count). The maximum absolute atomic E-state index is 5.40. The van der Waals surface area contributed by atoms with Crippen LogP contribution >= 0.6 is 11.8 Å². The van der Waals surface area contributed by atoms with Gasteiger partial charge in [-0.25, -0.2) is 0 Å². The van der Waals surface area contributed by atoms with Gasteiger partial charge in [-0.3, -0.25) is 0 Å². The number of aryl methyl sites for hydroxylation is 2. The second kappa shape index (κ2) is 7.37. The van der Waals surface area contributed by atoms with E-state index in [1.165, 1.54) is 47.2 Å². The number of benzene rings is 3. The first-order valence-corrected chi connectivity index (χ1v) is 10.0. The molecule has 0 saturated carbocycles. The molecule has 0 amide bonds. The van der Waals surface area contributed by atoms with Crippen molar-refractivity contribution in [3.63, 3.8) is 0 Å². The van der Waals surface area contributed by atoms with Gasteiger partial charge in [0.25, 0.3) is 0 Å². The van der Waals surface area contributed by atoms with E-state index in [-0.39, 0.29) is 0 Å². The van der Waals surface area contributed by atoms with Crippen molar-refractivity contribution in [2.24, 2.45) is 5.73 Å². The summed E-state index contributed by atoms with van der Waals surface area (Å²) in [6, 6.07) is 18.0. The van der Waals surface area contributed by atoms with Crippen molar-refractivity contribution in [1.29, 1.82) is 0 Å². The average Bonchev–Trinajstić information content (AvgIpc) is 2.68. The maximum Gasteiger partial charge on any atom is 0.0287 e. The zero-order valence-electron chi connectivity index (χ0n) is 14.4. The molecule has 0 spiro atoms. The summed E-state index contributed by atoms with van der Waals surface area (Å²) in [5.41, 5.74) is 9.46. The molecule has 1 aliphatic heterocycles. The molecule has 0 bridgehead atoms. The van der Waals surface area contributed by atoms with Gasteiger partial charge >= 0.3 is 0 Å². The van der Waals surface area contributed by atoms with Gasteiger partial charge < -0.3 is 5.73 Å². The van der Waals surface area contributed by atoms with Crippen molar-refractivity contribution in [1.82, 2.24) is 0 Å². The van der Waals surface area contributed by atoms with Gasteiger partial charge in [-0.15, -0.1) is 11.8 Å². The molecule has 0 aromatic heterocycles. The summed E-state index contributed by atoms with van der Waals surface area (Å²) in [5.74, 6) is 1.03. The lowest BCUT2D eigenvalue weighted by Crippen LogP contribution is -2.02. The SMILES string of the molecule is NC1=CCSC=C1.c1ccc2c(c1)ccc1c3c(ccc12)CCCC3. The number of allylic oxidation sites excluding steroid dienone is 1. The van der Waals surface area contributed by atoms with E-state index in [4.69, 9.17) is 5.73 Å². The molecule has 3 aromatic rings. The van der Waals surface area contributed by atoms with E-state index in [1.54, 1.807) is 22.9 Å². The number of hydrogen-bond donors (Lipinski definition) is 1. The third-order valence-corrected chi connectivity index (χ3v) is 5.72. The minimum atomic E-state index is 0.888. The van der Waals surface area contributed by atoms with Crippen LogP contribution in [0, 0.1) is 0 Å². The summed E-state index contributed by atoms with van der Waals surface area (Å²) in [7, 11) is 0. The van der Waals surface area contributed by atoms with Gasteiger partial charge in [0.1, 0.15) is 0 Å². The number of hydrogen-bond acceptors (Lipinski definition) is 2. The number of thioether (sulfide) groups is 1. The van der Waals surface area contributed by atoms with E-state index in [1.807, 2.05) is 17.6 Å². The summed E-state index contributed by atoms with van der Waals surface area (Å²) in [4.78, 5) is 0. The van der Waals surface area contributed by atoms with Crippen molar-refractivity contribution < 1.29 is 0 Å². The van der Waals surface area contributed by atoms with E-state index in [9.17, 15) is 0 Å². The van der Waals surface area contributed by atoms with E-state index in [0.717, 1.165) is 11.4 Å². The molecule has 0 unspecified atom stereocenters. The fourth-order valence-electron chi connectivity index (χ4n) is 3.74. The average molecular weight is 346 g/mol. The minimum Gasteiger partial charge on any atom is -0.399 e. The molecule has 1 nitrogen and oxygen atoms in total. The molecule has 1 aliphatic carbocycles. The van der Waals surface area contributed by atoms with E-state index >= 15 is 0 Å². The molecule has 2 heteroatoms. The molecule has 2 aliphatic rings. The topological polar surface area (TPSA) is 26.0 Å². The monoisotopic (exact) mass is 345 g/mol. The zero-order chi connectivity index (χ0) is 17.1. The van der Waals surface area contributed by atoms with Gasteiger partial charge in [0.05, 0.1) is 0 Å². The Morgan fingerprint density at radius 2 is 1.64 bits per heavy atom. The van der Waals surface area contributed by atoms with Crippen LogP contribution < -0.4 is 5.73 Å². The van der Waals surface area contributed by atoms with Crippen LogP contribution in [0.3, 0.4) is 0 Å². The zero-order valence-corrected chi connectivity index (χ0v) is 15.2. The highest BCUT2D eigenvalue weighted by Crippen LogP contribution is 2.33. The summed E-state index contributed by atoms with van der Waals surface area (Å²) in [5, 5.41) is 7.65. The van der Waals surface area contributed by atoms with Crippen molar-refractivity contribution in [3.8, 4) is 0 Å². The Kier molecular flexibility index (Phi) is 4.80. The molecule has 3 aromatic carbocycles. The van der Waals surface area contributed by atoms with Gasteiger partial charge in [0.2, 0.25) is 0 Å². The molecule has 0 atom stereocenters. The largest absolute Gasteiger partial charge is 0.399 e. The van der Waals surface area contributed by atoms with Crippen LogP contribution in [0.1, 0.15) is 24.0 Å².